The highest BCUT2D eigenvalue weighted by Gasteiger charge is 2.00. The van der Waals surface area contributed by atoms with E-state index in [-0.39, 0.29) is 0 Å². The van der Waals surface area contributed by atoms with Crippen molar-refractivity contribution in [3.8, 4) is 0 Å². The van der Waals surface area contributed by atoms with Crippen LogP contribution in [0.2, 0.25) is 4.34 Å². The summed E-state index contributed by atoms with van der Waals surface area (Å²) in [4.78, 5) is 2.74. The van der Waals surface area contributed by atoms with E-state index < -0.39 is 0 Å². The monoisotopic (exact) mass is 257 g/mol. The zero-order chi connectivity index (χ0) is 11.4. The number of hydrogen-bond acceptors (Lipinski definition) is 5. The number of thiophene rings is 1. The molecule has 2 rings (SSSR count). The second kappa shape index (κ2) is 5.38. The van der Waals surface area contributed by atoms with Crippen LogP contribution in [0.25, 0.3) is 0 Å². The van der Waals surface area contributed by atoms with Gasteiger partial charge in [0.25, 0.3) is 0 Å². The number of nitrogens with zero attached hydrogens (tertiary/aromatic N) is 4. The molecule has 0 saturated heterocycles. The van der Waals surface area contributed by atoms with E-state index in [9.17, 15) is 0 Å². The molecular formula is C9H12ClN5S. The third kappa shape index (κ3) is 3.26. The van der Waals surface area contributed by atoms with Crippen molar-refractivity contribution in [2.24, 2.45) is 7.05 Å². The standard InChI is InChI=1S/C9H12ClN5S/c1-15-13-9(12-14-15)6-11-5-4-7-2-3-8(10)16-7/h2-3,11H,4-6H2,1H3. The van der Waals surface area contributed by atoms with Crippen molar-refractivity contribution in [3.63, 3.8) is 0 Å². The number of nitrogens with one attached hydrogen (secondary N) is 1. The molecule has 16 heavy (non-hydrogen) atoms. The van der Waals surface area contributed by atoms with Crippen LogP contribution in [0.15, 0.2) is 12.1 Å². The Morgan fingerprint density at radius 1 is 1.50 bits per heavy atom. The molecule has 0 unspecified atom stereocenters. The molecule has 1 N–H and O–H groups in total. The minimum absolute atomic E-state index is 0.646. The maximum absolute atomic E-state index is 5.84. The van der Waals surface area contributed by atoms with Gasteiger partial charge in [-0.2, -0.15) is 4.80 Å². The summed E-state index contributed by atoms with van der Waals surface area (Å²) in [6, 6.07) is 3.97. The van der Waals surface area contributed by atoms with Crippen LogP contribution >= 0.6 is 22.9 Å². The summed E-state index contributed by atoms with van der Waals surface area (Å²) in [6.07, 6.45) is 0.970. The Labute approximate surface area is 102 Å². The third-order valence-corrected chi connectivity index (χ3v) is 3.30. The first-order valence-electron chi connectivity index (χ1n) is 4.92. The van der Waals surface area contributed by atoms with Gasteiger partial charge < -0.3 is 5.32 Å². The Bertz CT molecular complexity index is 410. The fourth-order valence-electron chi connectivity index (χ4n) is 1.29. The largest absolute Gasteiger partial charge is 0.309 e. The second-order valence-electron chi connectivity index (χ2n) is 3.33. The lowest BCUT2D eigenvalue weighted by Gasteiger charge is -1.99. The van der Waals surface area contributed by atoms with Crippen LogP contribution in [-0.4, -0.2) is 26.8 Å². The van der Waals surface area contributed by atoms with Gasteiger partial charge in [-0.05, 0) is 23.8 Å². The lowest BCUT2D eigenvalue weighted by Crippen LogP contribution is -2.17. The van der Waals surface area contributed by atoms with Crippen LogP contribution < -0.4 is 5.32 Å². The van der Waals surface area contributed by atoms with E-state index in [1.165, 1.54) is 9.67 Å². The molecule has 0 fully saturated rings. The molecule has 0 bridgehead atoms. The van der Waals surface area contributed by atoms with Gasteiger partial charge in [0, 0.05) is 11.4 Å². The fraction of sp³-hybridized carbons (Fsp3) is 0.444. The summed E-state index contributed by atoms with van der Waals surface area (Å²) in [5.74, 6) is 0.715. The van der Waals surface area contributed by atoms with Crippen molar-refractivity contribution < 1.29 is 0 Å². The molecule has 2 heterocycles. The van der Waals surface area contributed by atoms with Crippen molar-refractivity contribution in [2.75, 3.05) is 6.54 Å². The van der Waals surface area contributed by atoms with E-state index in [4.69, 9.17) is 11.6 Å². The smallest absolute Gasteiger partial charge is 0.188 e. The van der Waals surface area contributed by atoms with Crippen LogP contribution in [0.3, 0.4) is 0 Å². The zero-order valence-corrected chi connectivity index (χ0v) is 10.4. The van der Waals surface area contributed by atoms with E-state index in [2.05, 4.69) is 26.8 Å². The lowest BCUT2D eigenvalue weighted by atomic mass is 10.3. The highest BCUT2D eigenvalue weighted by molar-refractivity contribution is 7.16. The minimum atomic E-state index is 0.646. The molecule has 5 nitrogen and oxygen atoms in total. The Morgan fingerprint density at radius 3 is 3.00 bits per heavy atom. The number of tetrazole rings is 1. The lowest BCUT2D eigenvalue weighted by molar-refractivity contribution is 0.619. The fourth-order valence-corrected chi connectivity index (χ4v) is 2.38. The van der Waals surface area contributed by atoms with Gasteiger partial charge in [-0.15, -0.1) is 21.5 Å². The SMILES string of the molecule is Cn1nnc(CNCCc2ccc(Cl)s2)n1. The predicted octanol–water partition coefficient (Wildman–Crippen LogP) is 1.26. The average Bonchev–Trinajstić information content (AvgIpc) is 2.83. The quantitative estimate of drug-likeness (QED) is 0.820. The predicted molar refractivity (Wildman–Crippen MR) is 63.5 cm³/mol. The van der Waals surface area contributed by atoms with Crippen molar-refractivity contribution in [1.82, 2.24) is 25.5 Å². The van der Waals surface area contributed by atoms with Crippen LogP contribution in [0.4, 0.5) is 0 Å². The summed E-state index contributed by atoms with van der Waals surface area (Å²) in [7, 11) is 1.75. The van der Waals surface area contributed by atoms with Gasteiger partial charge in [0.1, 0.15) is 0 Å². The highest BCUT2D eigenvalue weighted by Crippen LogP contribution is 2.21. The Balaban J connectivity index is 1.69. The van der Waals surface area contributed by atoms with Crippen molar-refractivity contribution in [1.29, 1.82) is 0 Å². The molecule has 0 saturated carbocycles. The molecule has 0 atom stereocenters. The van der Waals surface area contributed by atoms with E-state index in [0.29, 0.717) is 12.4 Å². The number of halogens is 1. The molecule has 0 aliphatic heterocycles. The Kier molecular flexibility index (Phi) is 3.87. The summed E-state index contributed by atoms with van der Waals surface area (Å²) >= 11 is 7.45. The zero-order valence-electron chi connectivity index (χ0n) is 8.85. The molecule has 0 amide bonds. The van der Waals surface area contributed by atoms with Crippen LogP contribution in [0.5, 0.6) is 0 Å². The van der Waals surface area contributed by atoms with Crippen molar-refractivity contribution >= 4 is 22.9 Å². The maximum atomic E-state index is 5.84. The molecule has 0 aliphatic rings. The molecular weight excluding hydrogens is 246 g/mol. The van der Waals surface area contributed by atoms with Crippen LogP contribution in [-0.2, 0) is 20.0 Å². The number of hydrogen-bond donors (Lipinski definition) is 1. The van der Waals surface area contributed by atoms with E-state index in [1.54, 1.807) is 18.4 Å². The van der Waals surface area contributed by atoms with E-state index in [0.717, 1.165) is 17.3 Å². The molecule has 0 spiro atoms. The van der Waals surface area contributed by atoms with Gasteiger partial charge in [0.05, 0.1) is 17.9 Å². The first-order valence-corrected chi connectivity index (χ1v) is 6.11. The molecule has 2 aromatic heterocycles. The molecule has 0 aromatic carbocycles. The number of rotatable bonds is 5. The van der Waals surface area contributed by atoms with Crippen molar-refractivity contribution in [3.05, 3.63) is 27.2 Å². The normalized spacial score (nSPS) is 10.9. The molecule has 86 valence electrons. The molecule has 7 heteroatoms. The summed E-state index contributed by atoms with van der Waals surface area (Å²) in [5, 5.41) is 15.0. The van der Waals surface area contributed by atoms with Crippen LogP contribution in [0.1, 0.15) is 10.7 Å². The van der Waals surface area contributed by atoms with Gasteiger partial charge in [-0.3, -0.25) is 0 Å². The molecule has 0 aliphatic carbocycles. The van der Waals surface area contributed by atoms with Gasteiger partial charge >= 0.3 is 0 Å². The molecule has 0 radical (unpaired) electrons. The van der Waals surface area contributed by atoms with Gasteiger partial charge in [0.2, 0.25) is 0 Å². The first kappa shape index (κ1) is 11.5. The summed E-state index contributed by atoms with van der Waals surface area (Å²) in [5.41, 5.74) is 0. The topological polar surface area (TPSA) is 55.6 Å². The van der Waals surface area contributed by atoms with Gasteiger partial charge in [0.15, 0.2) is 5.82 Å². The van der Waals surface area contributed by atoms with Crippen LogP contribution in [0, 0.1) is 0 Å². The van der Waals surface area contributed by atoms with E-state index >= 15 is 0 Å². The Hall–Kier alpha value is -0.980. The van der Waals surface area contributed by atoms with Crippen molar-refractivity contribution in [2.45, 2.75) is 13.0 Å². The molecule has 2 aromatic rings. The highest BCUT2D eigenvalue weighted by atomic mass is 35.5. The first-order chi connectivity index (χ1) is 7.74. The minimum Gasteiger partial charge on any atom is -0.309 e. The number of aromatic nitrogens is 4. The maximum Gasteiger partial charge on any atom is 0.188 e. The van der Waals surface area contributed by atoms with Gasteiger partial charge in [-0.1, -0.05) is 11.6 Å². The number of aryl methyl sites for hydroxylation is 1. The third-order valence-electron chi connectivity index (χ3n) is 2.01. The summed E-state index contributed by atoms with van der Waals surface area (Å²) < 4.78 is 0.839. The van der Waals surface area contributed by atoms with E-state index in [1.807, 2.05) is 6.07 Å². The Morgan fingerprint density at radius 2 is 2.38 bits per heavy atom. The second-order valence-corrected chi connectivity index (χ2v) is 5.13. The van der Waals surface area contributed by atoms with Gasteiger partial charge in [-0.25, -0.2) is 0 Å². The summed E-state index contributed by atoms with van der Waals surface area (Å²) in [6.45, 7) is 1.53. The average molecular weight is 258 g/mol.